The summed E-state index contributed by atoms with van der Waals surface area (Å²) in [6, 6.07) is 4.41. The van der Waals surface area contributed by atoms with Gasteiger partial charge in [-0.25, -0.2) is 4.98 Å². The first-order valence-electron chi connectivity index (χ1n) is 6.35. The van der Waals surface area contributed by atoms with Gasteiger partial charge in [0.15, 0.2) is 5.16 Å². The van der Waals surface area contributed by atoms with Crippen LogP contribution in [0.1, 0.15) is 11.3 Å². The van der Waals surface area contributed by atoms with Gasteiger partial charge in [-0.05, 0) is 26.0 Å². The summed E-state index contributed by atoms with van der Waals surface area (Å²) in [7, 11) is 0. The molecule has 0 aliphatic heterocycles. The van der Waals surface area contributed by atoms with E-state index in [4.69, 9.17) is 11.6 Å². The molecule has 0 saturated carbocycles. The lowest BCUT2D eigenvalue weighted by atomic mass is 10.3. The Morgan fingerprint density at radius 3 is 2.82 bits per heavy atom. The first kappa shape index (κ1) is 16.4. The van der Waals surface area contributed by atoms with Crippen LogP contribution in [0.4, 0.5) is 5.69 Å². The molecular formula is C14H14ClN3O3S. The van der Waals surface area contributed by atoms with Crippen LogP contribution in [0.25, 0.3) is 0 Å². The Labute approximate surface area is 135 Å². The van der Waals surface area contributed by atoms with Gasteiger partial charge in [0.2, 0.25) is 5.91 Å². The van der Waals surface area contributed by atoms with E-state index in [0.717, 1.165) is 11.8 Å². The van der Waals surface area contributed by atoms with E-state index in [1.165, 1.54) is 12.1 Å². The normalized spacial score (nSPS) is 10.5. The Morgan fingerprint density at radius 2 is 2.18 bits per heavy atom. The molecule has 0 unspecified atom stereocenters. The van der Waals surface area contributed by atoms with Crippen LogP contribution in [0.3, 0.4) is 0 Å². The van der Waals surface area contributed by atoms with E-state index >= 15 is 0 Å². The molecule has 6 nitrogen and oxygen atoms in total. The molecule has 22 heavy (non-hydrogen) atoms. The summed E-state index contributed by atoms with van der Waals surface area (Å²) in [6.45, 7) is 3.42. The quantitative estimate of drug-likeness (QED) is 0.452. The standard InChI is InChI=1S/C14H14ClN3O3S/c1-7-8(2)16-14(18-13(7)21)22-6-12(20)17-10-4-3-9(15)5-11(10)19/h3-5,19H,6H2,1-2H3,(H,17,20)(H,16,18,21). The van der Waals surface area contributed by atoms with Gasteiger partial charge in [0.05, 0.1) is 11.4 Å². The average Bonchev–Trinajstić information content (AvgIpc) is 2.45. The highest BCUT2D eigenvalue weighted by Gasteiger charge is 2.10. The van der Waals surface area contributed by atoms with Gasteiger partial charge in [-0.3, -0.25) is 9.59 Å². The summed E-state index contributed by atoms with van der Waals surface area (Å²) in [5.74, 6) is -0.389. The molecule has 1 aromatic carbocycles. The highest BCUT2D eigenvalue weighted by Crippen LogP contribution is 2.26. The Bertz CT molecular complexity index is 776. The average molecular weight is 340 g/mol. The van der Waals surface area contributed by atoms with Gasteiger partial charge in [0, 0.05) is 22.3 Å². The van der Waals surface area contributed by atoms with Crippen LogP contribution in [0.15, 0.2) is 28.2 Å². The van der Waals surface area contributed by atoms with Gasteiger partial charge in [-0.1, -0.05) is 23.4 Å². The van der Waals surface area contributed by atoms with Crippen molar-refractivity contribution in [2.75, 3.05) is 11.1 Å². The third-order valence-electron chi connectivity index (χ3n) is 2.95. The number of carbonyl (C=O) groups excluding carboxylic acids is 1. The number of benzene rings is 1. The molecule has 0 radical (unpaired) electrons. The number of nitrogens with one attached hydrogen (secondary N) is 2. The van der Waals surface area contributed by atoms with Gasteiger partial charge < -0.3 is 15.4 Å². The topological polar surface area (TPSA) is 95.1 Å². The summed E-state index contributed by atoms with van der Waals surface area (Å²) in [5, 5.41) is 13.0. The molecule has 0 saturated heterocycles. The third kappa shape index (κ3) is 4.02. The lowest BCUT2D eigenvalue weighted by Gasteiger charge is -2.07. The van der Waals surface area contributed by atoms with Crippen LogP contribution >= 0.6 is 23.4 Å². The maximum absolute atomic E-state index is 11.9. The van der Waals surface area contributed by atoms with Crippen molar-refractivity contribution in [3.63, 3.8) is 0 Å². The van der Waals surface area contributed by atoms with Gasteiger partial charge in [0.1, 0.15) is 5.75 Å². The Morgan fingerprint density at radius 1 is 1.45 bits per heavy atom. The number of phenolic OH excluding ortho intramolecular Hbond substituents is 1. The highest BCUT2D eigenvalue weighted by molar-refractivity contribution is 7.99. The highest BCUT2D eigenvalue weighted by atomic mass is 35.5. The van der Waals surface area contributed by atoms with Crippen LogP contribution in [-0.4, -0.2) is 26.7 Å². The number of carbonyl (C=O) groups is 1. The Kier molecular flexibility index (Phi) is 5.10. The summed E-state index contributed by atoms with van der Waals surface area (Å²) in [4.78, 5) is 30.3. The molecule has 0 aliphatic carbocycles. The van der Waals surface area contributed by atoms with Crippen molar-refractivity contribution in [2.45, 2.75) is 19.0 Å². The van der Waals surface area contributed by atoms with Gasteiger partial charge in [0.25, 0.3) is 5.56 Å². The summed E-state index contributed by atoms with van der Waals surface area (Å²) in [5.41, 5.74) is 1.24. The molecule has 0 spiro atoms. The third-order valence-corrected chi connectivity index (χ3v) is 4.06. The van der Waals surface area contributed by atoms with Crippen molar-refractivity contribution in [1.29, 1.82) is 0 Å². The molecule has 0 bridgehead atoms. The molecule has 116 valence electrons. The maximum Gasteiger partial charge on any atom is 0.254 e. The number of H-pyrrole nitrogens is 1. The Balaban J connectivity index is 2.00. The monoisotopic (exact) mass is 339 g/mol. The summed E-state index contributed by atoms with van der Waals surface area (Å²) in [6.07, 6.45) is 0. The fourth-order valence-electron chi connectivity index (χ4n) is 1.62. The van der Waals surface area contributed by atoms with E-state index in [-0.39, 0.29) is 28.7 Å². The lowest BCUT2D eigenvalue weighted by Crippen LogP contribution is -2.17. The molecular weight excluding hydrogens is 326 g/mol. The van der Waals surface area contributed by atoms with Crippen LogP contribution < -0.4 is 10.9 Å². The first-order valence-corrected chi connectivity index (χ1v) is 7.72. The number of halogens is 1. The number of aromatic nitrogens is 2. The minimum absolute atomic E-state index is 0.0491. The van der Waals surface area contributed by atoms with Crippen molar-refractivity contribution >= 4 is 35.0 Å². The minimum Gasteiger partial charge on any atom is -0.506 e. The van der Waals surface area contributed by atoms with E-state index in [1.54, 1.807) is 19.9 Å². The van der Waals surface area contributed by atoms with Crippen LogP contribution in [0.2, 0.25) is 5.02 Å². The fourth-order valence-corrected chi connectivity index (χ4v) is 2.49. The van der Waals surface area contributed by atoms with E-state index < -0.39 is 0 Å². The summed E-state index contributed by atoms with van der Waals surface area (Å²) >= 11 is 6.83. The number of aryl methyl sites for hydroxylation is 1. The smallest absolute Gasteiger partial charge is 0.254 e. The largest absolute Gasteiger partial charge is 0.506 e. The van der Waals surface area contributed by atoms with E-state index in [2.05, 4.69) is 15.3 Å². The number of amides is 1. The van der Waals surface area contributed by atoms with Crippen molar-refractivity contribution < 1.29 is 9.90 Å². The first-order chi connectivity index (χ1) is 10.4. The molecule has 3 N–H and O–H groups in total. The second-order valence-electron chi connectivity index (χ2n) is 4.58. The molecule has 0 atom stereocenters. The van der Waals surface area contributed by atoms with Gasteiger partial charge in [-0.15, -0.1) is 0 Å². The number of thioether (sulfide) groups is 1. The molecule has 1 aromatic heterocycles. The number of anilines is 1. The summed E-state index contributed by atoms with van der Waals surface area (Å²) < 4.78 is 0. The van der Waals surface area contributed by atoms with Crippen molar-refractivity contribution in [3.05, 3.63) is 44.8 Å². The van der Waals surface area contributed by atoms with Crippen LogP contribution in [-0.2, 0) is 4.79 Å². The molecule has 1 amide bonds. The zero-order valence-corrected chi connectivity index (χ0v) is 13.5. The van der Waals surface area contributed by atoms with E-state index in [1.807, 2.05) is 0 Å². The number of aromatic amines is 1. The van der Waals surface area contributed by atoms with Crippen molar-refractivity contribution in [3.8, 4) is 5.75 Å². The zero-order chi connectivity index (χ0) is 16.3. The molecule has 2 rings (SSSR count). The lowest BCUT2D eigenvalue weighted by molar-refractivity contribution is -0.113. The predicted molar refractivity (Wildman–Crippen MR) is 86.8 cm³/mol. The van der Waals surface area contributed by atoms with Crippen LogP contribution in [0.5, 0.6) is 5.75 Å². The second-order valence-corrected chi connectivity index (χ2v) is 5.98. The number of aromatic hydroxyl groups is 1. The second kappa shape index (κ2) is 6.85. The number of hydrogen-bond donors (Lipinski definition) is 3. The van der Waals surface area contributed by atoms with Gasteiger partial charge in [-0.2, -0.15) is 0 Å². The predicted octanol–water partition coefficient (Wildman–Crippen LogP) is 2.48. The van der Waals surface area contributed by atoms with E-state index in [9.17, 15) is 14.7 Å². The molecule has 0 aliphatic rings. The SMILES string of the molecule is Cc1nc(SCC(=O)Nc2ccc(Cl)cc2O)[nH]c(=O)c1C. The van der Waals surface area contributed by atoms with E-state index in [0.29, 0.717) is 21.4 Å². The minimum atomic E-state index is -0.330. The fraction of sp³-hybridized carbons (Fsp3) is 0.214. The van der Waals surface area contributed by atoms with Gasteiger partial charge >= 0.3 is 0 Å². The number of phenols is 1. The number of hydrogen-bond acceptors (Lipinski definition) is 5. The van der Waals surface area contributed by atoms with Crippen molar-refractivity contribution in [2.24, 2.45) is 0 Å². The number of rotatable bonds is 4. The maximum atomic E-state index is 11.9. The molecule has 0 fully saturated rings. The van der Waals surface area contributed by atoms with Crippen molar-refractivity contribution in [1.82, 2.24) is 9.97 Å². The molecule has 1 heterocycles. The molecule has 2 aromatic rings. The zero-order valence-electron chi connectivity index (χ0n) is 11.9. The van der Waals surface area contributed by atoms with Crippen LogP contribution in [0, 0.1) is 13.8 Å². The Hall–Kier alpha value is -1.99. The number of nitrogens with zero attached hydrogens (tertiary/aromatic N) is 1. The molecule has 8 heteroatoms.